The van der Waals surface area contributed by atoms with Crippen molar-refractivity contribution < 1.29 is 18.7 Å². The van der Waals surface area contributed by atoms with Crippen LogP contribution in [0.15, 0.2) is 22.7 Å². The summed E-state index contributed by atoms with van der Waals surface area (Å²) in [5.74, 6) is 2.89. The molecule has 0 saturated carbocycles. The van der Waals surface area contributed by atoms with Gasteiger partial charge in [0.1, 0.15) is 0 Å². The average molecular weight is 276 g/mol. The Morgan fingerprint density at radius 1 is 1.25 bits per heavy atom. The van der Waals surface area contributed by atoms with Gasteiger partial charge in [0, 0.05) is 12.6 Å². The number of fused-ring (bicyclic) bond motifs is 1. The summed E-state index contributed by atoms with van der Waals surface area (Å²) in [4.78, 5) is 0. The number of rotatable bonds is 5. The summed E-state index contributed by atoms with van der Waals surface area (Å²) in [5, 5.41) is 7.13. The number of ether oxygens (including phenoxy) is 3. The van der Waals surface area contributed by atoms with Crippen LogP contribution in [0.1, 0.15) is 17.0 Å². The smallest absolute Gasteiger partial charge is 0.231 e. The highest BCUT2D eigenvalue weighted by Crippen LogP contribution is 2.41. The molecule has 0 radical (unpaired) electrons. The number of methoxy groups -OCH3 is 1. The summed E-state index contributed by atoms with van der Waals surface area (Å²) in [6.45, 7) is 3.43. The maximum absolute atomic E-state index is 5.39. The standard InChI is InChI=1S/C14H16N2O4/c1-9-3-11(20-16-9)7-15-6-10-4-12(17-2)14-13(5-10)18-8-19-14/h3-5,15H,6-8H2,1-2H3. The van der Waals surface area contributed by atoms with E-state index in [1.54, 1.807) is 7.11 Å². The third kappa shape index (κ3) is 2.55. The van der Waals surface area contributed by atoms with E-state index in [1.165, 1.54) is 0 Å². The highest BCUT2D eigenvalue weighted by atomic mass is 16.7. The molecule has 3 rings (SSSR count). The van der Waals surface area contributed by atoms with Crippen molar-refractivity contribution >= 4 is 0 Å². The van der Waals surface area contributed by atoms with Crippen LogP contribution in [0.4, 0.5) is 0 Å². The molecule has 0 spiro atoms. The van der Waals surface area contributed by atoms with Crippen molar-refractivity contribution in [2.24, 2.45) is 0 Å². The molecule has 106 valence electrons. The Kier molecular flexibility index (Phi) is 3.47. The van der Waals surface area contributed by atoms with E-state index in [0.717, 1.165) is 22.8 Å². The molecule has 6 nitrogen and oxygen atoms in total. The minimum absolute atomic E-state index is 0.236. The van der Waals surface area contributed by atoms with Crippen LogP contribution < -0.4 is 19.5 Å². The first-order valence-electron chi connectivity index (χ1n) is 6.35. The Labute approximate surface area is 116 Å². The molecule has 1 aliphatic heterocycles. The molecular weight excluding hydrogens is 260 g/mol. The van der Waals surface area contributed by atoms with Crippen LogP contribution >= 0.6 is 0 Å². The van der Waals surface area contributed by atoms with Crippen molar-refractivity contribution in [2.75, 3.05) is 13.9 Å². The zero-order valence-electron chi connectivity index (χ0n) is 11.4. The van der Waals surface area contributed by atoms with Gasteiger partial charge in [-0.25, -0.2) is 0 Å². The molecule has 2 aromatic rings. The van der Waals surface area contributed by atoms with Gasteiger partial charge < -0.3 is 24.1 Å². The number of benzene rings is 1. The molecule has 0 fully saturated rings. The topological polar surface area (TPSA) is 65.8 Å². The normalized spacial score (nSPS) is 12.7. The van der Waals surface area contributed by atoms with E-state index in [-0.39, 0.29) is 6.79 Å². The van der Waals surface area contributed by atoms with Crippen LogP contribution in [-0.4, -0.2) is 19.1 Å². The van der Waals surface area contributed by atoms with Crippen LogP contribution in [0.5, 0.6) is 17.2 Å². The molecule has 0 saturated heterocycles. The predicted molar refractivity (Wildman–Crippen MR) is 70.9 cm³/mol. The lowest BCUT2D eigenvalue weighted by atomic mass is 10.2. The van der Waals surface area contributed by atoms with E-state index in [4.69, 9.17) is 18.7 Å². The second-order valence-electron chi connectivity index (χ2n) is 4.57. The minimum atomic E-state index is 0.236. The Morgan fingerprint density at radius 3 is 2.90 bits per heavy atom. The molecule has 0 atom stereocenters. The highest BCUT2D eigenvalue weighted by molar-refractivity contribution is 5.55. The molecule has 0 bridgehead atoms. The molecule has 6 heteroatoms. The zero-order chi connectivity index (χ0) is 13.9. The second kappa shape index (κ2) is 5.42. The Morgan fingerprint density at radius 2 is 2.15 bits per heavy atom. The van der Waals surface area contributed by atoms with Gasteiger partial charge >= 0.3 is 0 Å². The molecule has 2 heterocycles. The van der Waals surface area contributed by atoms with Crippen LogP contribution in [0.3, 0.4) is 0 Å². The van der Waals surface area contributed by atoms with Gasteiger partial charge in [-0.3, -0.25) is 0 Å². The summed E-state index contributed by atoms with van der Waals surface area (Å²) in [7, 11) is 1.62. The fourth-order valence-corrected chi connectivity index (χ4v) is 2.12. The second-order valence-corrected chi connectivity index (χ2v) is 4.57. The number of nitrogens with one attached hydrogen (secondary N) is 1. The molecule has 1 aromatic heterocycles. The third-order valence-electron chi connectivity index (χ3n) is 3.02. The van der Waals surface area contributed by atoms with Crippen molar-refractivity contribution in [1.29, 1.82) is 0 Å². The monoisotopic (exact) mass is 276 g/mol. The SMILES string of the molecule is COc1cc(CNCc2cc(C)no2)cc2c1OCO2. The van der Waals surface area contributed by atoms with E-state index in [9.17, 15) is 0 Å². The molecule has 1 aromatic carbocycles. The minimum Gasteiger partial charge on any atom is -0.493 e. The first-order valence-corrected chi connectivity index (χ1v) is 6.35. The fraction of sp³-hybridized carbons (Fsp3) is 0.357. The van der Waals surface area contributed by atoms with Crippen molar-refractivity contribution in [3.8, 4) is 17.2 Å². The molecule has 0 unspecified atom stereocenters. The van der Waals surface area contributed by atoms with Crippen LogP contribution in [0, 0.1) is 6.92 Å². The lowest BCUT2D eigenvalue weighted by molar-refractivity contribution is 0.171. The number of nitrogens with zero attached hydrogens (tertiary/aromatic N) is 1. The first-order chi connectivity index (χ1) is 9.76. The summed E-state index contributed by atoms with van der Waals surface area (Å²) in [6, 6.07) is 5.79. The van der Waals surface area contributed by atoms with Crippen LogP contribution in [0.25, 0.3) is 0 Å². The van der Waals surface area contributed by atoms with E-state index in [2.05, 4.69) is 10.5 Å². The van der Waals surface area contributed by atoms with Gasteiger partial charge in [0.05, 0.1) is 19.3 Å². The molecule has 1 N–H and O–H groups in total. The first kappa shape index (κ1) is 12.8. The molecule has 0 amide bonds. The lowest BCUT2D eigenvalue weighted by Gasteiger charge is -2.08. The Balaban J connectivity index is 1.65. The lowest BCUT2D eigenvalue weighted by Crippen LogP contribution is -2.12. The van der Waals surface area contributed by atoms with Gasteiger partial charge in [0.2, 0.25) is 12.5 Å². The number of aromatic nitrogens is 1. The van der Waals surface area contributed by atoms with Gasteiger partial charge in [-0.05, 0) is 24.6 Å². The van der Waals surface area contributed by atoms with Crippen molar-refractivity contribution in [2.45, 2.75) is 20.0 Å². The zero-order valence-corrected chi connectivity index (χ0v) is 11.4. The maximum atomic E-state index is 5.39. The van der Waals surface area contributed by atoms with Gasteiger partial charge in [-0.2, -0.15) is 0 Å². The van der Waals surface area contributed by atoms with E-state index in [0.29, 0.717) is 24.6 Å². The molecule has 1 aliphatic rings. The van der Waals surface area contributed by atoms with Gasteiger partial charge in [0.15, 0.2) is 17.3 Å². The van der Waals surface area contributed by atoms with Gasteiger partial charge in [-0.15, -0.1) is 0 Å². The number of hydrogen-bond acceptors (Lipinski definition) is 6. The highest BCUT2D eigenvalue weighted by Gasteiger charge is 2.19. The van der Waals surface area contributed by atoms with Crippen molar-refractivity contribution in [3.63, 3.8) is 0 Å². The van der Waals surface area contributed by atoms with E-state index < -0.39 is 0 Å². The maximum Gasteiger partial charge on any atom is 0.231 e. The van der Waals surface area contributed by atoms with Gasteiger partial charge in [-0.1, -0.05) is 5.16 Å². The largest absolute Gasteiger partial charge is 0.493 e. The Hall–Kier alpha value is -2.21. The quantitative estimate of drug-likeness (QED) is 0.901. The average Bonchev–Trinajstić information content (AvgIpc) is 3.06. The van der Waals surface area contributed by atoms with E-state index in [1.807, 2.05) is 25.1 Å². The third-order valence-corrected chi connectivity index (χ3v) is 3.02. The summed E-state index contributed by atoms with van der Waals surface area (Å²) in [5.41, 5.74) is 1.94. The summed E-state index contributed by atoms with van der Waals surface area (Å²) < 4.78 is 21.2. The Bertz CT molecular complexity index is 609. The van der Waals surface area contributed by atoms with Crippen molar-refractivity contribution in [1.82, 2.24) is 10.5 Å². The number of hydrogen-bond donors (Lipinski definition) is 1. The summed E-state index contributed by atoms with van der Waals surface area (Å²) >= 11 is 0. The van der Waals surface area contributed by atoms with Crippen molar-refractivity contribution in [3.05, 3.63) is 35.2 Å². The fourth-order valence-electron chi connectivity index (χ4n) is 2.12. The number of aryl methyl sites for hydroxylation is 1. The van der Waals surface area contributed by atoms with Gasteiger partial charge in [0.25, 0.3) is 0 Å². The van der Waals surface area contributed by atoms with E-state index >= 15 is 0 Å². The van der Waals surface area contributed by atoms with Crippen LogP contribution in [-0.2, 0) is 13.1 Å². The summed E-state index contributed by atoms with van der Waals surface area (Å²) in [6.07, 6.45) is 0. The molecular formula is C14H16N2O4. The van der Waals surface area contributed by atoms with Crippen LogP contribution in [0.2, 0.25) is 0 Å². The predicted octanol–water partition coefficient (Wildman–Crippen LogP) is 2.01. The molecule has 0 aliphatic carbocycles. The molecule has 20 heavy (non-hydrogen) atoms.